The lowest BCUT2D eigenvalue weighted by molar-refractivity contribution is 0.728. The summed E-state index contributed by atoms with van der Waals surface area (Å²) in [7, 11) is 0. The molecule has 0 fully saturated rings. The van der Waals surface area contributed by atoms with Crippen molar-refractivity contribution in [2.75, 3.05) is 0 Å². The summed E-state index contributed by atoms with van der Waals surface area (Å²) in [5.74, 6) is 0. The number of fused-ring (bicyclic) bond motifs is 14. The van der Waals surface area contributed by atoms with Crippen molar-refractivity contribution >= 4 is 65.2 Å². The largest absolute Gasteiger partial charge is 0.0894 e. The van der Waals surface area contributed by atoms with E-state index in [2.05, 4.69) is 141 Å². The molecule has 0 bridgehead atoms. The molecule has 0 aromatic heterocycles. The summed E-state index contributed by atoms with van der Waals surface area (Å²) in [5.41, 5.74) is 7.77. The molecular formula is C33H18Br2S. The van der Waals surface area contributed by atoms with Crippen LogP contribution in [-0.2, 0) is 5.41 Å². The number of rotatable bonds is 0. The molecule has 0 saturated carbocycles. The van der Waals surface area contributed by atoms with Crippen molar-refractivity contribution in [1.82, 2.24) is 0 Å². The quantitative estimate of drug-likeness (QED) is 0.155. The lowest BCUT2D eigenvalue weighted by Crippen LogP contribution is -2.32. The molecule has 3 heteroatoms. The Kier molecular flexibility index (Phi) is 4.48. The van der Waals surface area contributed by atoms with Crippen LogP contribution in [0.1, 0.15) is 22.3 Å². The summed E-state index contributed by atoms with van der Waals surface area (Å²) < 4.78 is 2.21. The molecule has 8 rings (SSSR count). The Morgan fingerprint density at radius 1 is 0.500 bits per heavy atom. The third-order valence-corrected chi connectivity index (χ3v) is 9.96. The summed E-state index contributed by atoms with van der Waals surface area (Å²) >= 11 is 9.49. The van der Waals surface area contributed by atoms with Crippen LogP contribution in [0.25, 0.3) is 32.7 Å². The van der Waals surface area contributed by atoms with Crippen LogP contribution in [-0.4, -0.2) is 0 Å². The fourth-order valence-corrected chi connectivity index (χ4v) is 8.48. The van der Waals surface area contributed by atoms with Crippen LogP contribution in [0.15, 0.2) is 128 Å². The average molecular weight is 606 g/mol. The standard InChI is InChI=1S/C33H18Br2S/c34-19-13-15-23-25(17-19)21-7-1-2-8-22(21)31-24-16-14-20(35)18-28(24)33(32(23)31)26-9-3-5-11-29(26)36-30-12-6-4-10-27(30)33/h1-18H. The van der Waals surface area contributed by atoms with Gasteiger partial charge in [-0.3, -0.25) is 0 Å². The first-order chi connectivity index (χ1) is 17.7. The predicted molar refractivity (Wildman–Crippen MR) is 158 cm³/mol. The van der Waals surface area contributed by atoms with Crippen molar-refractivity contribution in [2.45, 2.75) is 15.2 Å². The van der Waals surface area contributed by atoms with Crippen LogP contribution in [0.5, 0.6) is 0 Å². The van der Waals surface area contributed by atoms with E-state index in [1.165, 1.54) is 64.7 Å². The van der Waals surface area contributed by atoms with Gasteiger partial charge in [0.15, 0.2) is 0 Å². The second-order valence-electron chi connectivity index (χ2n) is 9.52. The van der Waals surface area contributed by atoms with Crippen molar-refractivity contribution in [3.05, 3.63) is 140 Å². The molecule has 170 valence electrons. The maximum atomic E-state index is 3.84. The molecule has 2 aliphatic rings. The van der Waals surface area contributed by atoms with Crippen LogP contribution < -0.4 is 0 Å². The van der Waals surface area contributed by atoms with Gasteiger partial charge < -0.3 is 0 Å². The molecule has 6 aromatic carbocycles. The van der Waals surface area contributed by atoms with E-state index in [1.807, 2.05) is 11.8 Å². The maximum Gasteiger partial charge on any atom is 0.0742 e. The van der Waals surface area contributed by atoms with E-state index in [4.69, 9.17) is 0 Å². The van der Waals surface area contributed by atoms with E-state index in [0.29, 0.717) is 0 Å². The van der Waals surface area contributed by atoms with Crippen molar-refractivity contribution < 1.29 is 0 Å². The molecule has 0 atom stereocenters. The van der Waals surface area contributed by atoms with Crippen LogP contribution in [0.4, 0.5) is 0 Å². The summed E-state index contributed by atoms with van der Waals surface area (Å²) in [6.07, 6.45) is 0. The molecule has 36 heavy (non-hydrogen) atoms. The molecule has 0 amide bonds. The van der Waals surface area contributed by atoms with E-state index < -0.39 is 5.41 Å². The van der Waals surface area contributed by atoms with E-state index >= 15 is 0 Å². The first kappa shape index (κ1) is 21.3. The minimum atomic E-state index is -0.400. The molecule has 1 heterocycles. The van der Waals surface area contributed by atoms with Crippen molar-refractivity contribution in [2.24, 2.45) is 0 Å². The summed E-state index contributed by atoms with van der Waals surface area (Å²) in [5, 5.41) is 5.21. The molecule has 1 aliphatic carbocycles. The van der Waals surface area contributed by atoms with Gasteiger partial charge in [-0.25, -0.2) is 0 Å². The Morgan fingerprint density at radius 3 is 1.86 bits per heavy atom. The van der Waals surface area contributed by atoms with Gasteiger partial charge in [-0.05, 0) is 91.3 Å². The highest BCUT2D eigenvalue weighted by atomic mass is 79.9. The second kappa shape index (κ2) is 7.58. The van der Waals surface area contributed by atoms with Crippen LogP contribution in [0.2, 0.25) is 0 Å². The molecular weight excluding hydrogens is 588 g/mol. The van der Waals surface area contributed by atoms with Crippen molar-refractivity contribution in [3.63, 3.8) is 0 Å². The van der Waals surface area contributed by atoms with E-state index in [9.17, 15) is 0 Å². The molecule has 6 aromatic rings. The second-order valence-corrected chi connectivity index (χ2v) is 12.4. The zero-order valence-corrected chi connectivity index (χ0v) is 23.0. The predicted octanol–water partition coefficient (Wildman–Crippen LogP) is 10.3. The van der Waals surface area contributed by atoms with E-state index in [-0.39, 0.29) is 0 Å². The van der Waals surface area contributed by atoms with Gasteiger partial charge in [-0.1, -0.05) is 116 Å². The molecule has 0 N–H and O–H groups in total. The monoisotopic (exact) mass is 604 g/mol. The van der Waals surface area contributed by atoms with E-state index in [1.54, 1.807) is 0 Å². The molecule has 1 spiro atoms. The van der Waals surface area contributed by atoms with Crippen LogP contribution >= 0.6 is 43.6 Å². The van der Waals surface area contributed by atoms with E-state index in [0.717, 1.165) is 8.95 Å². The molecule has 0 unspecified atom stereocenters. The number of benzene rings is 6. The molecule has 1 aliphatic heterocycles. The van der Waals surface area contributed by atoms with Gasteiger partial charge >= 0.3 is 0 Å². The lowest BCUT2D eigenvalue weighted by atomic mass is 9.66. The van der Waals surface area contributed by atoms with Crippen LogP contribution in [0, 0.1) is 0 Å². The third-order valence-electron chi connectivity index (χ3n) is 7.82. The highest BCUT2D eigenvalue weighted by Gasteiger charge is 2.51. The Morgan fingerprint density at radius 2 is 1.11 bits per heavy atom. The number of hydrogen-bond acceptors (Lipinski definition) is 1. The van der Waals surface area contributed by atoms with Crippen molar-refractivity contribution in [1.29, 1.82) is 0 Å². The molecule has 0 nitrogen and oxygen atoms in total. The average Bonchev–Trinajstić information content (AvgIpc) is 3.20. The first-order valence-electron chi connectivity index (χ1n) is 12.0. The Labute approximate surface area is 230 Å². The number of hydrogen-bond donors (Lipinski definition) is 0. The smallest absolute Gasteiger partial charge is 0.0742 e. The molecule has 0 radical (unpaired) electrons. The highest BCUT2D eigenvalue weighted by molar-refractivity contribution is 9.10. The Bertz CT molecular complexity index is 1860. The fourth-order valence-electron chi connectivity index (χ4n) is 6.57. The zero-order valence-electron chi connectivity index (χ0n) is 19.1. The van der Waals surface area contributed by atoms with Gasteiger partial charge in [0, 0.05) is 18.7 Å². The van der Waals surface area contributed by atoms with Crippen molar-refractivity contribution in [3.8, 4) is 11.1 Å². The lowest BCUT2D eigenvalue weighted by Gasteiger charge is -2.40. The van der Waals surface area contributed by atoms with Gasteiger partial charge in [-0.2, -0.15) is 0 Å². The van der Waals surface area contributed by atoms with Gasteiger partial charge in [0.25, 0.3) is 0 Å². The van der Waals surface area contributed by atoms with Gasteiger partial charge in [0.1, 0.15) is 0 Å². The SMILES string of the molecule is Brc1ccc2c(c1)C1(c3ccccc3Sc3ccccc31)c1c-2c2ccccc2c2cc(Br)ccc12. The van der Waals surface area contributed by atoms with Gasteiger partial charge in [0.05, 0.1) is 5.41 Å². The number of halogens is 2. The van der Waals surface area contributed by atoms with Crippen LogP contribution in [0.3, 0.4) is 0 Å². The third kappa shape index (κ3) is 2.61. The fraction of sp³-hybridized carbons (Fsp3) is 0.0303. The Hall–Kier alpha value is -2.85. The zero-order chi connectivity index (χ0) is 24.0. The topological polar surface area (TPSA) is 0 Å². The molecule has 0 saturated heterocycles. The summed E-state index contributed by atoms with van der Waals surface area (Å²) in [6, 6.07) is 40.6. The maximum absolute atomic E-state index is 3.84. The summed E-state index contributed by atoms with van der Waals surface area (Å²) in [4.78, 5) is 2.65. The normalized spacial score (nSPS) is 14.5. The summed E-state index contributed by atoms with van der Waals surface area (Å²) in [6.45, 7) is 0. The highest BCUT2D eigenvalue weighted by Crippen LogP contribution is 2.65. The minimum Gasteiger partial charge on any atom is -0.0894 e. The Balaban J connectivity index is 1.71. The van der Waals surface area contributed by atoms with Gasteiger partial charge in [-0.15, -0.1) is 0 Å². The minimum absolute atomic E-state index is 0.400. The first-order valence-corrected chi connectivity index (χ1v) is 14.4. The van der Waals surface area contributed by atoms with Gasteiger partial charge in [0.2, 0.25) is 0 Å².